The number of hydrogen-bond donors (Lipinski definition) is 1. The Morgan fingerprint density at radius 1 is 1.06 bits per heavy atom. The van der Waals surface area contributed by atoms with Crippen LogP contribution in [0.5, 0.6) is 5.75 Å². The van der Waals surface area contributed by atoms with E-state index in [1.165, 1.54) is 18.8 Å². The van der Waals surface area contributed by atoms with Crippen LogP contribution >= 0.6 is 7.37 Å². The van der Waals surface area contributed by atoms with Gasteiger partial charge in [-0.3, -0.25) is 4.57 Å². The molecule has 1 aliphatic heterocycles. The number of hydrogen-bond acceptors (Lipinski definition) is 4. The highest BCUT2D eigenvalue weighted by atomic mass is 31.2. The van der Waals surface area contributed by atoms with Gasteiger partial charge in [0, 0.05) is 23.7 Å². The summed E-state index contributed by atoms with van der Waals surface area (Å²) in [7, 11) is 0.354. The summed E-state index contributed by atoms with van der Waals surface area (Å²) in [6.45, 7) is 3.47. The van der Waals surface area contributed by atoms with Gasteiger partial charge in [0.25, 0.3) is 7.37 Å². The van der Waals surface area contributed by atoms with Crippen LogP contribution in [0.15, 0.2) is 65.1 Å². The van der Waals surface area contributed by atoms with Gasteiger partial charge in [0.1, 0.15) is 36.8 Å². The SMILES string of the molecule is Cc1ccc2c(P(C)(=O)Oc3ccccc3C(=O)O)c3ccc(=[N+](C)C)cc-3oc2c1. The molecule has 0 radical (unpaired) electrons. The second-order valence-electron chi connectivity index (χ2n) is 7.76. The zero-order chi connectivity index (χ0) is 22.3. The lowest BCUT2D eigenvalue weighted by molar-refractivity contribution is 0.0695. The van der Waals surface area contributed by atoms with Crippen molar-refractivity contribution in [3.63, 3.8) is 0 Å². The van der Waals surface area contributed by atoms with Crippen molar-refractivity contribution in [3.8, 4) is 17.1 Å². The van der Waals surface area contributed by atoms with Gasteiger partial charge in [0.15, 0.2) is 0 Å². The van der Waals surface area contributed by atoms with Crippen molar-refractivity contribution in [2.75, 3.05) is 20.8 Å². The van der Waals surface area contributed by atoms with Gasteiger partial charge in [-0.05, 0) is 36.8 Å². The zero-order valence-electron chi connectivity index (χ0n) is 17.7. The normalized spacial score (nSPS) is 13.2. The van der Waals surface area contributed by atoms with E-state index < -0.39 is 13.3 Å². The van der Waals surface area contributed by atoms with Crippen LogP contribution in [-0.2, 0) is 4.57 Å². The predicted molar refractivity (Wildman–Crippen MR) is 122 cm³/mol. The molecule has 1 heterocycles. The van der Waals surface area contributed by atoms with Crippen LogP contribution in [0.2, 0.25) is 0 Å². The molecule has 1 N–H and O–H groups in total. The number of aromatic carboxylic acids is 1. The number of carboxylic acids is 1. The second-order valence-corrected chi connectivity index (χ2v) is 10.1. The van der Waals surface area contributed by atoms with E-state index in [0.717, 1.165) is 10.9 Å². The lowest BCUT2D eigenvalue weighted by Crippen LogP contribution is -2.23. The van der Waals surface area contributed by atoms with Gasteiger partial charge in [0.2, 0.25) is 5.36 Å². The fourth-order valence-corrected chi connectivity index (χ4v) is 5.51. The first kappa shape index (κ1) is 20.9. The standard InChI is InChI=1S/C24H22NO5P/c1-15-9-11-17-21(13-15)29-22-14-16(25(2)3)10-12-18(22)23(17)31(4,28)30-20-8-6-5-7-19(20)24(26)27/h5-14H,1-4H3/p+1. The first-order valence-electron chi connectivity index (χ1n) is 9.75. The van der Waals surface area contributed by atoms with Crippen LogP contribution < -0.4 is 19.8 Å². The Hall–Kier alpha value is -3.37. The molecule has 0 bridgehead atoms. The van der Waals surface area contributed by atoms with Gasteiger partial charge in [-0.25, -0.2) is 9.37 Å². The Kier molecular flexibility index (Phi) is 5.19. The Bertz CT molecular complexity index is 1420. The van der Waals surface area contributed by atoms with E-state index in [4.69, 9.17) is 8.94 Å². The molecule has 0 amide bonds. The molecule has 2 aromatic rings. The number of carbonyl (C=O) groups is 1. The Morgan fingerprint density at radius 3 is 2.52 bits per heavy atom. The van der Waals surface area contributed by atoms with Crippen LogP contribution in [0.3, 0.4) is 0 Å². The molecule has 4 rings (SSSR count). The fraction of sp³-hybridized carbons (Fsp3) is 0.167. The number of aryl methyl sites for hydroxylation is 1. The van der Waals surface area contributed by atoms with Crippen LogP contribution in [-0.4, -0.2) is 31.8 Å². The summed E-state index contributed by atoms with van der Waals surface area (Å²) in [5.41, 5.74) is 2.23. The largest absolute Gasteiger partial charge is 0.478 e. The third-order valence-corrected chi connectivity index (χ3v) is 6.98. The first-order valence-corrected chi connectivity index (χ1v) is 11.8. The summed E-state index contributed by atoms with van der Waals surface area (Å²) >= 11 is 0. The molecule has 0 fully saturated rings. The van der Waals surface area contributed by atoms with Gasteiger partial charge in [-0.15, -0.1) is 0 Å². The van der Waals surface area contributed by atoms with Gasteiger partial charge < -0.3 is 14.0 Å². The predicted octanol–water partition coefficient (Wildman–Crippen LogP) is 4.19. The molecule has 2 aromatic carbocycles. The van der Waals surface area contributed by atoms with E-state index in [0.29, 0.717) is 27.6 Å². The third-order valence-electron chi connectivity index (χ3n) is 5.15. The molecule has 31 heavy (non-hydrogen) atoms. The van der Waals surface area contributed by atoms with Crippen molar-refractivity contribution >= 4 is 29.6 Å². The van der Waals surface area contributed by atoms with Crippen molar-refractivity contribution in [2.24, 2.45) is 0 Å². The van der Waals surface area contributed by atoms with Crippen LogP contribution in [0, 0.1) is 6.92 Å². The monoisotopic (exact) mass is 436 g/mol. The Balaban J connectivity index is 2.02. The van der Waals surface area contributed by atoms with E-state index in [1.54, 1.807) is 12.1 Å². The number of fused-ring (bicyclic) bond motifs is 2. The van der Waals surface area contributed by atoms with E-state index >= 15 is 0 Å². The maximum atomic E-state index is 14.0. The molecule has 6 nitrogen and oxygen atoms in total. The second kappa shape index (κ2) is 7.71. The van der Waals surface area contributed by atoms with Crippen LogP contribution in [0.1, 0.15) is 15.9 Å². The number of carboxylic acid groups (broad SMARTS) is 1. The summed E-state index contributed by atoms with van der Waals surface area (Å²) in [6.07, 6.45) is 0. The molecule has 7 heteroatoms. The molecule has 1 atom stereocenters. The molecule has 0 spiro atoms. The molecular formula is C24H23NO5P+. The molecule has 0 saturated carbocycles. The van der Waals surface area contributed by atoms with Crippen molar-refractivity contribution in [2.45, 2.75) is 6.92 Å². The topological polar surface area (TPSA) is 79.8 Å². The van der Waals surface area contributed by atoms with E-state index in [-0.39, 0.29) is 11.3 Å². The van der Waals surface area contributed by atoms with Crippen LogP contribution in [0.25, 0.3) is 22.3 Å². The number of nitrogens with zero attached hydrogens (tertiary/aromatic N) is 1. The Labute approximate surface area is 179 Å². The van der Waals surface area contributed by atoms with E-state index in [1.807, 2.05) is 62.0 Å². The molecule has 0 saturated heterocycles. The van der Waals surface area contributed by atoms with Gasteiger partial charge in [-0.1, -0.05) is 24.3 Å². The fourth-order valence-electron chi connectivity index (χ4n) is 3.64. The van der Waals surface area contributed by atoms with Crippen LogP contribution in [0.4, 0.5) is 0 Å². The van der Waals surface area contributed by atoms with Crippen molar-refractivity contribution in [3.05, 3.63) is 77.1 Å². The summed E-state index contributed by atoms with van der Waals surface area (Å²) < 4.78 is 28.1. The van der Waals surface area contributed by atoms with Gasteiger partial charge in [0.05, 0.1) is 11.4 Å². The van der Waals surface area contributed by atoms with E-state index in [2.05, 4.69) is 0 Å². The maximum Gasteiger partial charge on any atom is 0.339 e. The van der Waals surface area contributed by atoms with Crippen molar-refractivity contribution in [1.82, 2.24) is 4.58 Å². The molecular weight excluding hydrogens is 413 g/mol. The minimum Gasteiger partial charge on any atom is -0.478 e. The lowest BCUT2D eigenvalue weighted by atomic mass is 10.1. The highest BCUT2D eigenvalue weighted by Crippen LogP contribution is 2.48. The molecule has 1 unspecified atom stereocenters. The first-order chi connectivity index (χ1) is 14.7. The summed E-state index contributed by atoms with van der Waals surface area (Å²) in [5, 5.41) is 11.6. The molecule has 158 valence electrons. The summed E-state index contributed by atoms with van der Waals surface area (Å²) in [4.78, 5) is 11.6. The maximum absolute atomic E-state index is 14.0. The number of para-hydroxylation sites is 1. The minimum atomic E-state index is -3.52. The Morgan fingerprint density at radius 2 is 1.81 bits per heavy atom. The quantitative estimate of drug-likeness (QED) is 0.295. The summed E-state index contributed by atoms with van der Waals surface area (Å²) in [5.74, 6) is -0.490. The molecule has 1 aliphatic carbocycles. The minimum absolute atomic E-state index is 0.0375. The highest BCUT2D eigenvalue weighted by Gasteiger charge is 2.31. The number of benzene rings is 3. The lowest BCUT2D eigenvalue weighted by Gasteiger charge is -2.22. The average Bonchev–Trinajstić information content (AvgIpc) is 2.71. The smallest absolute Gasteiger partial charge is 0.339 e. The third kappa shape index (κ3) is 3.87. The van der Waals surface area contributed by atoms with E-state index in [9.17, 15) is 14.5 Å². The molecule has 0 aromatic heterocycles. The molecule has 2 aliphatic rings. The van der Waals surface area contributed by atoms with Gasteiger partial charge >= 0.3 is 5.97 Å². The highest BCUT2D eigenvalue weighted by molar-refractivity contribution is 7.67. The summed E-state index contributed by atoms with van der Waals surface area (Å²) in [6, 6.07) is 17.6. The van der Waals surface area contributed by atoms with Gasteiger partial charge in [-0.2, -0.15) is 0 Å². The zero-order valence-corrected chi connectivity index (χ0v) is 18.6. The van der Waals surface area contributed by atoms with Crippen molar-refractivity contribution in [1.29, 1.82) is 0 Å². The average molecular weight is 436 g/mol. The number of rotatable bonds is 4. The van der Waals surface area contributed by atoms with Crippen molar-refractivity contribution < 1.29 is 23.4 Å².